The first-order chi connectivity index (χ1) is 14.8. The van der Waals surface area contributed by atoms with Crippen LogP contribution in [0.25, 0.3) is 0 Å². The van der Waals surface area contributed by atoms with Gasteiger partial charge in [-0.2, -0.15) is 0 Å². The number of aliphatic hydroxyl groups is 3. The molecule has 0 aromatic heterocycles. The number of carboxylic acid groups (broad SMARTS) is 1. The summed E-state index contributed by atoms with van der Waals surface area (Å²) in [6.45, 7) is 0. The van der Waals surface area contributed by atoms with Gasteiger partial charge in [-0.25, -0.2) is 9.59 Å². The number of carbonyl (C=O) groups excluding carboxylic acids is 1. The van der Waals surface area contributed by atoms with E-state index in [0.717, 1.165) is 5.56 Å². The molecule has 2 aliphatic rings. The molecule has 1 fully saturated rings. The number of ether oxygens (including phenoxy) is 2. The molecule has 2 aromatic carbocycles. The first-order valence-electron chi connectivity index (χ1n) is 9.64. The molecule has 0 spiro atoms. The molecular formula is C21H22N2O8. The van der Waals surface area contributed by atoms with Gasteiger partial charge in [0, 0.05) is 12.0 Å². The molecule has 2 heterocycles. The number of hydrogen-bond donors (Lipinski definition) is 5. The number of rotatable bonds is 3. The summed E-state index contributed by atoms with van der Waals surface area (Å²) in [5, 5.41) is 39.6. The van der Waals surface area contributed by atoms with Crippen molar-refractivity contribution in [3.05, 3.63) is 59.7 Å². The monoisotopic (exact) mass is 430 g/mol. The fourth-order valence-corrected chi connectivity index (χ4v) is 3.99. The molecule has 1 saturated heterocycles. The molecule has 6 atom stereocenters. The van der Waals surface area contributed by atoms with Crippen molar-refractivity contribution in [2.45, 2.75) is 43.2 Å². The van der Waals surface area contributed by atoms with E-state index in [4.69, 9.17) is 15.2 Å². The van der Waals surface area contributed by atoms with E-state index in [0.29, 0.717) is 16.9 Å². The summed E-state index contributed by atoms with van der Waals surface area (Å²) in [5.74, 6) is -1.50. The second-order valence-electron chi connectivity index (χ2n) is 7.43. The Morgan fingerprint density at radius 3 is 2.29 bits per heavy atom. The van der Waals surface area contributed by atoms with Crippen LogP contribution in [0.5, 0.6) is 0 Å². The molecule has 2 aliphatic heterocycles. The van der Waals surface area contributed by atoms with Gasteiger partial charge in [0.1, 0.15) is 18.3 Å². The maximum absolute atomic E-state index is 12.3. The Kier molecular flexibility index (Phi) is 5.65. The summed E-state index contributed by atoms with van der Waals surface area (Å²) in [5.41, 5.74) is 7.97. The van der Waals surface area contributed by atoms with Crippen LogP contribution in [-0.2, 0) is 20.7 Å². The zero-order chi connectivity index (χ0) is 22.3. The Labute approximate surface area is 177 Å². The predicted molar refractivity (Wildman–Crippen MR) is 106 cm³/mol. The van der Waals surface area contributed by atoms with E-state index in [1.165, 1.54) is 4.90 Å². The van der Waals surface area contributed by atoms with E-state index >= 15 is 0 Å². The summed E-state index contributed by atoms with van der Waals surface area (Å²) >= 11 is 0. The van der Waals surface area contributed by atoms with Crippen LogP contribution in [0.3, 0.4) is 0 Å². The lowest BCUT2D eigenvalue weighted by Gasteiger charge is -2.39. The van der Waals surface area contributed by atoms with Crippen LogP contribution >= 0.6 is 0 Å². The van der Waals surface area contributed by atoms with Crippen molar-refractivity contribution in [2.75, 3.05) is 4.90 Å². The van der Waals surface area contributed by atoms with Crippen LogP contribution in [-0.4, -0.2) is 63.1 Å². The van der Waals surface area contributed by atoms with Crippen molar-refractivity contribution in [3.63, 3.8) is 0 Å². The quantitative estimate of drug-likeness (QED) is 0.467. The van der Waals surface area contributed by atoms with Gasteiger partial charge in [0.05, 0.1) is 17.5 Å². The maximum Gasteiger partial charge on any atom is 0.335 e. The number of primary amides is 1. The number of carbonyl (C=O) groups is 2. The molecule has 10 heteroatoms. The van der Waals surface area contributed by atoms with E-state index in [1.807, 2.05) is 0 Å². The third kappa shape index (κ3) is 3.75. The molecule has 4 rings (SSSR count). The minimum atomic E-state index is -1.82. The zero-order valence-corrected chi connectivity index (χ0v) is 16.2. The van der Waals surface area contributed by atoms with E-state index in [1.54, 1.807) is 48.5 Å². The Bertz CT molecular complexity index is 999. The average Bonchev–Trinajstić information content (AvgIpc) is 2.88. The van der Waals surface area contributed by atoms with Gasteiger partial charge in [-0.05, 0) is 17.7 Å². The number of urea groups is 1. The molecular weight excluding hydrogens is 408 g/mol. The van der Waals surface area contributed by atoms with Crippen LogP contribution in [0.2, 0.25) is 0 Å². The molecule has 0 aliphatic carbocycles. The number of anilines is 2. The highest BCUT2D eigenvalue weighted by Gasteiger charge is 2.48. The highest BCUT2D eigenvalue weighted by molar-refractivity contribution is 6.00. The number of nitrogens with zero attached hydrogens (tertiary/aromatic N) is 1. The molecule has 6 N–H and O–H groups in total. The average molecular weight is 430 g/mol. The predicted octanol–water partition coefficient (Wildman–Crippen LogP) is 0.409. The van der Waals surface area contributed by atoms with Crippen molar-refractivity contribution >= 4 is 23.4 Å². The van der Waals surface area contributed by atoms with Crippen LogP contribution in [0.4, 0.5) is 16.2 Å². The Hall–Kier alpha value is -3.02. The van der Waals surface area contributed by atoms with Gasteiger partial charge in [-0.3, -0.25) is 4.90 Å². The molecule has 164 valence electrons. The number of carboxylic acids is 1. The molecule has 1 unspecified atom stereocenters. The molecule has 10 nitrogen and oxygen atoms in total. The van der Waals surface area contributed by atoms with Crippen LogP contribution in [0.1, 0.15) is 17.2 Å². The molecule has 2 aromatic rings. The molecule has 0 saturated carbocycles. The third-order valence-corrected chi connectivity index (χ3v) is 5.49. The third-order valence-electron chi connectivity index (χ3n) is 5.49. The van der Waals surface area contributed by atoms with E-state index in [2.05, 4.69) is 0 Å². The van der Waals surface area contributed by atoms with E-state index in [9.17, 15) is 30.0 Å². The normalized spacial score (nSPS) is 30.1. The second-order valence-corrected chi connectivity index (χ2v) is 7.43. The van der Waals surface area contributed by atoms with Gasteiger partial charge in [-0.1, -0.05) is 36.4 Å². The number of nitrogens with two attached hydrogens (primary N) is 1. The standard InChI is InChI=1S/C21H22N2O8/c22-21(29)23-12-7-3-1-5-10(12)9-14(11-6-2-4-8-13(11)23)30-20-17(26)15(24)16(25)18(31-20)19(27)28/h1-8,14-18,20,24-26H,9H2,(H2,22,29)(H,27,28)/t14-,15-,16-,17+,18-,20?/m1/s1. The summed E-state index contributed by atoms with van der Waals surface area (Å²) < 4.78 is 11.2. The summed E-state index contributed by atoms with van der Waals surface area (Å²) in [4.78, 5) is 25.0. The van der Waals surface area contributed by atoms with Crippen LogP contribution in [0.15, 0.2) is 48.5 Å². The second kappa shape index (κ2) is 8.25. The van der Waals surface area contributed by atoms with E-state index in [-0.39, 0.29) is 6.42 Å². The molecule has 2 amide bonds. The molecule has 31 heavy (non-hydrogen) atoms. The number of hydrogen-bond acceptors (Lipinski definition) is 7. The van der Waals surface area contributed by atoms with Gasteiger partial charge < -0.3 is 35.6 Å². The zero-order valence-electron chi connectivity index (χ0n) is 16.2. The fraction of sp³-hybridized carbons (Fsp3) is 0.333. The van der Waals surface area contributed by atoms with Crippen molar-refractivity contribution < 1.29 is 39.5 Å². The number of amides is 2. The number of para-hydroxylation sites is 2. The minimum absolute atomic E-state index is 0.250. The summed E-state index contributed by atoms with van der Waals surface area (Å²) in [6.07, 6.45) is -9.14. The van der Waals surface area contributed by atoms with Gasteiger partial charge >= 0.3 is 12.0 Å². The van der Waals surface area contributed by atoms with Crippen molar-refractivity contribution in [2.24, 2.45) is 5.73 Å². The number of fused-ring (bicyclic) bond motifs is 2. The smallest absolute Gasteiger partial charge is 0.335 e. The van der Waals surface area contributed by atoms with Gasteiger partial charge in [0.25, 0.3) is 0 Å². The summed E-state index contributed by atoms with van der Waals surface area (Å²) in [7, 11) is 0. The first-order valence-corrected chi connectivity index (χ1v) is 9.64. The highest BCUT2D eigenvalue weighted by atomic mass is 16.7. The highest BCUT2D eigenvalue weighted by Crippen LogP contribution is 2.42. The van der Waals surface area contributed by atoms with Gasteiger partial charge in [0.2, 0.25) is 0 Å². The van der Waals surface area contributed by atoms with Crippen molar-refractivity contribution in [1.82, 2.24) is 0 Å². The van der Waals surface area contributed by atoms with Crippen molar-refractivity contribution in [1.29, 1.82) is 0 Å². The van der Waals surface area contributed by atoms with Crippen LogP contribution in [0, 0.1) is 0 Å². The van der Waals surface area contributed by atoms with Crippen LogP contribution < -0.4 is 10.6 Å². The summed E-state index contributed by atoms with van der Waals surface area (Å²) in [6, 6.07) is 13.3. The minimum Gasteiger partial charge on any atom is -0.479 e. The first kappa shape index (κ1) is 21.2. The maximum atomic E-state index is 12.3. The molecule has 0 bridgehead atoms. The number of aliphatic hydroxyl groups excluding tert-OH is 3. The number of aliphatic carboxylic acids is 1. The van der Waals surface area contributed by atoms with Gasteiger partial charge in [0.15, 0.2) is 12.4 Å². The Morgan fingerprint density at radius 1 is 0.968 bits per heavy atom. The lowest BCUT2D eigenvalue weighted by Crippen LogP contribution is -2.60. The number of benzene rings is 2. The molecule has 0 radical (unpaired) electrons. The lowest BCUT2D eigenvalue weighted by atomic mass is 9.98. The topological polar surface area (TPSA) is 163 Å². The van der Waals surface area contributed by atoms with E-state index < -0.39 is 48.8 Å². The SMILES string of the molecule is NC(=O)N1c2ccccc2C[C@@H](OC2O[C@@H](C(=O)O)[C@H](O)[C@@H](O)[C@@H]2O)c2ccccc21. The Balaban J connectivity index is 1.74. The van der Waals surface area contributed by atoms with Crippen molar-refractivity contribution in [3.8, 4) is 0 Å². The Morgan fingerprint density at radius 2 is 1.61 bits per heavy atom. The lowest BCUT2D eigenvalue weighted by molar-refractivity contribution is -0.305. The largest absolute Gasteiger partial charge is 0.479 e. The fourth-order valence-electron chi connectivity index (χ4n) is 3.99. The van der Waals surface area contributed by atoms with Gasteiger partial charge in [-0.15, -0.1) is 0 Å².